The van der Waals surface area contributed by atoms with E-state index in [-0.39, 0.29) is 5.69 Å². The number of hydrogen-bond donors (Lipinski definition) is 1. The molecule has 1 aromatic carbocycles. The summed E-state index contributed by atoms with van der Waals surface area (Å²) in [4.78, 5) is 19.0. The standard InChI is InChI=1S/C11H7N5O2/c17-11(18)10-6-16(15-14-10)7-1-2-8-9(5-7)13-4-3-12-8/h1-6H,(H,17,18). The molecular formula is C11H7N5O2. The molecule has 0 unspecified atom stereocenters. The number of rotatable bonds is 2. The van der Waals surface area contributed by atoms with Crippen LogP contribution in [0.5, 0.6) is 0 Å². The number of carboxylic acid groups (broad SMARTS) is 1. The summed E-state index contributed by atoms with van der Waals surface area (Å²) in [6, 6.07) is 5.33. The number of aromatic carboxylic acids is 1. The zero-order chi connectivity index (χ0) is 12.5. The van der Waals surface area contributed by atoms with Gasteiger partial charge in [-0.1, -0.05) is 5.21 Å². The van der Waals surface area contributed by atoms with Crippen molar-refractivity contribution in [3.63, 3.8) is 0 Å². The van der Waals surface area contributed by atoms with E-state index in [9.17, 15) is 4.79 Å². The maximum absolute atomic E-state index is 10.7. The first-order valence-electron chi connectivity index (χ1n) is 5.11. The van der Waals surface area contributed by atoms with Crippen LogP contribution in [-0.2, 0) is 0 Å². The van der Waals surface area contributed by atoms with Gasteiger partial charge in [0.1, 0.15) is 0 Å². The third-order valence-corrected chi connectivity index (χ3v) is 2.43. The maximum Gasteiger partial charge on any atom is 0.358 e. The van der Waals surface area contributed by atoms with Crippen molar-refractivity contribution >= 4 is 17.0 Å². The quantitative estimate of drug-likeness (QED) is 0.716. The van der Waals surface area contributed by atoms with E-state index >= 15 is 0 Å². The van der Waals surface area contributed by atoms with E-state index < -0.39 is 5.97 Å². The van der Waals surface area contributed by atoms with Crippen molar-refractivity contribution in [3.8, 4) is 5.69 Å². The Bertz CT molecular complexity index is 737. The molecule has 0 bridgehead atoms. The van der Waals surface area contributed by atoms with Gasteiger partial charge in [0.15, 0.2) is 5.69 Å². The molecular weight excluding hydrogens is 234 g/mol. The van der Waals surface area contributed by atoms with Crippen molar-refractivity contribution in [2.24, 2.45) is 0 Å². The van der Waals surface area contributed by atoms with Gasteiger partial charge in [0.2, 0.25) is 0 Å². The lowest BCUT2D eigenvalue weighted by molar-refractivity contribution is 0.0690. The van der Waals surface area contributed by atoms with Gasteiger partial charge >= 0.3 is 5.97 Å². The van der Waals surface area contributed by atoms with E-state index in [0.29, 0.717) is 11.2 Å². The van der Waals surface area contributed by atoms with Crippen molar-refractivity contribution in [3.05, 3.63) is 42.5 Å². The first-order chi connectivity index (χ1) is 8.74. The van der Waals surface area contributed by atoms with Crippen molar-refractivity contribution in [2.45, 2.75) is 0 Å². The summed E-state index contributed by atoms with van der Waals surface area (Å²) in [5.41, 5.74) is 2.06. The molecule has 0 saturated carbocycles. The smallest absolute Gasteiger partial charge is 0.358 e. The second-order valence-electron chi connectivity index (χ2n) is 3.58. The zero-order valence-corrected chi connectivity index (χ0v) is 9.06. The van der Waals surface area contributed by atoms with Gasteiger partial charge in [-0.05, 0) is 18.2 Å². The van der Waals surface area contributed by atoms with E-state index in [1.807, 2.05) is 0 Å². The molecule has 0 amide bonds. The Morgan fingerprint density at radius 1 is 1.17 bits per heavy atom. The van der Waals surface area contributed by atoms with Crippen molar-refractivity contribution in [2.75, 3.05) is 0 Å². The SMILES string of the molecule is O=C(O)c1cn(-c2ccc3nccnc3c2)nn1. The number of nitrogens with zero attached hydrogens (tertiary/aromatic N) is 5. The highest BCUT2D eigenvalue weighted by atomic mass is 16.4. The molecule has 2 heterocycles. The average molecular weight is 241 g/mol. The van der Waals surface area contributed by atoms with Crippen LogP contribution in [0.25, 0.3) is 16.7 Å². The maximum atomic E-state index is 10.7. The summed E-state index contributed by atoms with van der Waals surface area (Å²) in [5, 5.41) is 16.1. The van der Waals surface area contributed by atoms with Crippen LogP contribution in [0.4, 0.5) is 0 Å². The minimum Gasteiger partial charge on any atom is -0.476 e. The van der Waals surface area contributed by atoms with Crippen molar-refractivity contribution in [1.29, 1.82) is 0 Å². The lowest BCUT2D eigenvalue weighted by Crippen LogP contribution is -1.96. The first kappa shape index (κ1) is 10.3. The third-order valence-electron chi connectivity index (χ3n) is 2.43. The minimum absolute atomic E-state index is 0.103. The Morgan fingerprint density at radius 2 is 1.94 bits per heavy atom. The molecule has 3 rings (SSSR count). The van der Waals surface area contributed by atoms with Gasteiger partial charge in [-0.3, -0.25) is 9.97 Å². The van der Waals surface area contributed by atoms with Gasteiger partial charge in [0.25, 0.3) is 0 Å². The summed E-state index contributed by atoms with van der Waals surface area (Å²) in [5.74, 6) is -1.11. The van der Waals surface area contributed by atoms with Crippen LogP contribution in [0.15, 0.2) is 36.8 Å². The minimum atomic E-state index is -1.11. The van der Waals surface area contributed by atoms with E-state index in [2.05, 4.69) is 20.3 Å². The number of hydrogen-bond acceptors (Lipinski definition) is 5. The summed E-state index contributed by atoms with van der Waals surface area (Å²) in [7, 11) is 0. The van der Waals surface area contributed by atoms with Gasteiger partial charge in [0, 0.05) is 12.4 Å². The van der Waals surface area contributed by atoms with E-state index in [4.69, 9.17) is 5.11 Å². The predicted molar refractivity (Wildman–Crippen MR) is 61.4 cm³/mol. The monoisotopic (exact) mass is 241 g/mol. The average Bonchev–Trinajstić information content (AvgIpc) is 2.88. The topological polar surface area (TPSA) is 93.8 Å². The van der Waals surface area contributed by atoms with Crippen molar-refractivity contribution < 1.29 is 9.90 Å². The number of benzene rings is 1. The van der Waals surface area contributed by atoms with Crippen LogP contribution in [0.1, 0.15) is 10.5 Å². The molecule has 0 fully saturated rings. The highest BCUT2D eigenvalue weighted by Gasteiger charge is 2.09. The number of aromatic nitrogens is 5. The molecule has 3 aromatic rings. The Morgan fingerprint density at radius 3 is 2.67 bits per heavy atom. The Kier molecular flexibility index (Phi) is 2.23. The second-order valence-corrected chi connectivity index (χ2v) is 3.58. The van der Waals surface area contributed by atoms with Gasteiger partial charge in [0.05, 0.1) is 22.9 Å². The Hall–Kier alpha value is -2.83. The lowest BCUT2D eigenvalue weighted by atomic mass is 10.2. The van der Waals surface area contributed by atoms with Crippen LogP contribution in [0, 0.1) is 0 Å². The molecule has 0 saturated heterocycles. The van der Waals surface area contributed by atoms with Gasteiger partial charge in [-0.15, -0.1) is 5.10 Å². The second kappa shape index (κ2) is 3.88. The summed E-state index contributed by atoms with van der Waals surface area (Å²) >= 11 is 0. The fourth-order valence-electron chi connectivity index (χ4n) is 1.58. The van der Waals surface area contributed by atoms with Gasteiger partial charge in [-0.25, -0.2) is 9.48 Å². The van der Waals surface area contributed by atoms with Crippen LogP contribution in [0.3, 0.4) is 0 Å². The lowest BCUT2D eigenvalue weighted by Gasteiger charge is -2.01. The predicted octanol–water partition coefficient (Wildman–Crippen LogP) is 0.909. The van der Waals surface area contributed by atoms with Gasteiger partial charge in [-0.2, -0.15) is 0 Å². The summed E-state index contributed by atoms with van der Waals surface area (Å²) in [6.45, 7) is 0. The molecule has 88 valence electrons. The molecule has 0 radical (unpaired) electrons. The highest BCUT2D eigenvalue weighted by molar-refractivity contribution is 5.85. The van der Waals surface area contributed by atoms with Crippen LogP contribution >= 0.6 is 0 Å². The molecule has 18 heavy (non-hydrogen) atoms. The molecule has 7 heteroatoms. The zero-order valence-electron chi connectivity index (χ0n) is 9.06. The van der Waals surface area contributed by atoms with Crippen LogP contribution in [-0.4, -0.2) is 36.0 Å². The number of carboxylic acids is 1. The molecule has 2 aromatic heterocycles. The normalized spacial score (nSPS) is 10.7. The summed E-state index contributed by atoms with van der Waals surface area (Å²) in [6.07, 6.45) is 4.55. The molecule has 7 nitrogen and oxygen atoms in total. The largest absolute Gasteiger partial charge is 0.476 e. The van der Waals surface area contributed by atoms with E-state index in [1.165, 1.54) is 10.9 Å². The number of carbonyl (C=O) groups is 1. The Labute approximate surface area is 101 Å². The third kappa shape index (κ3) is 1.67. The first-order valence-corrected chi connectivity index (χ1v) is 5.11. The molecule has 0 atom stereocenters. The van der Waals surface area contributed by atoms with Gasteiger partial charge < -0.3 is 5.11 Å². The number of fused-ring (bicyclic) bond motifs is 1. The van der Waals surface area contributed by atoms with E-state index in [1.54, 1.807) is 30.6 Å². The molecule has 0 aliphatic carbocycles. The summed E-state index contributed by atoms with van der Waals surface area (Å²) < 4.78 is 1.39. The fraction of sp³-hybridized carbons (Fsp3) is 0. The van der Waals surface area contributed by atoms with E-state index in [0.717, 1.165) is 5.52 Å². The molecule has 0 aliphatic rings. The van der Waals surface area contributed by atoms with Crippen LogP contribution < -0.4 is 0 Å². The van der Waals surface area contributed by atoms with Crippen molar-refractivity contribution in [1.82, 2.24) is 25.0 Å². The highest BCUT2D eigenvalue weighted by Crippen LogP contribution is 2.14. The Balaban J connectivity index is 2.10. The molecule has 0 spiro atoms. The fourth-order valence-corrected chi connectivity index (χ4v) is 1.58. The van der Waals surface area contributed by atoms with Crippen LogP contribution in [0.2, 0.25) is 0 Å². The molecule has 1 N–H and O–H groups in total. The molecule has 0 aliphatic heterocycles.